The van der Waals surface area contributed by atoms with E-state index < -0.39 is 0 Å². The summed E-state index contributed by atoms with van der Waals surface area (Å²) >= 11 is 3.49. The molecule has 2 aromatic rings. The minimum atomic E-state index is -0.213. The summed E-state index contributed by atoms with van der Waals surface area (Å²) in [6, 6.07) is 12.2. The minimum Gasteiger partial charge on any atom is -0.399 e. The van der Waals surface area contributed by atoms with Crippen LogP contribution >= 0.6 is 15.9 Å². The highest BCUT2D eigenvalue weighted by Crippen LogP contribution is 2.28. The van der Waals surface area contributed by atoms with E-state index >= 15 is 0 Å². The molecular formula is C14H14BrFN2. The summed E-state index contributed by atoms with van der Waals surface area (Å²) in [4.78, 5) is 2.08. The fraction of sp³-hybridized carbons (Fsp3) is 0.143. The maximum absolute atomic E-state index is 12.8. The van der Waals surface area contributed by atoms with Crippen molar-refractivity contribution in [3.05, 3.63) is 58.3 Å². The SMILES string of the molecule is CN(Cc1ccc(F)cc1)c1ccc(N)cc1Br. The Morgan fingerprint density at radius 3 is 2.44 bits per heavy atom. The summed E-state index contributed by atoms with van der Waals surface area (Å²) in [5.74, 6) is -0.213. The van der Waals surface area contributed by atoms with Crippen LogP contribution in [-0.2, 0) is 6.54 Å². The second-order valence-corrected chi connectivity index (χ2v) is 5.05. The third kappa shape index (κ3) is 3.01. The number of benzene rings is 2. The van der Waals surface area contributed by atoms with E-state index in [9.17, 15) is 4.39 Å². The first kappa shape index (κ1) is 12.9. The second-order valence-electron chi connectivity index (χ2n) is 4.19. The Labute approximate surface area is 114 Å². The van der Waals surface area contributed by atoms with Crippen LogP contribution in [0, 0.1) is 5.82 Å². The van der Waals surface area contributed by atoms with Crippen LogP contribution in [0.15, 0.2) is 46.9 Å². The van der Waals surface area contributed by atoms with E-state index in [0.717, 1.165) is 21.4 Å². The van der Waals surface area contributed by atoms with Crippen LogP contribution in [-0.4, -0.2) is 7.05 Å². The first-order valence-electron chi connectivity index (χ1n) is 5.57. The van der Waals surface area contributed by atoms with Crippen molar-refractivity contribution < 1.29 is 4.39 Å². The Balaban J connectivity index is 2.16. The molecule has 4 heteroatoms. The molecule has 0 aromatic heterocycles. The Bertz CT molecular complexity index is 540. The molecule has 2 nitrogen and oxygen atoms in total. The number of hydrogen-bond acceptors (Lipinski definition) is 2. The third-order valence-electron chi connectivity index (χ3n) is 2.72. The van der Waals surface area contributed by atoms with E-state index in [1.807, 2.05) is 25.2 Å². The van der Waals surface area contributed by atoms with Crippen LogP contribution in [0.3, 0.4) is 0 Å². The summed E-state index contributed by atoms with van der Waals surface area (Å²) in [6.45, 7) is 0.711. The first-order valence-corrected chi connectivity index (χ1v) is 6.36. The number of hydrogen-bond donors (Lipinski definition) is 1. The average molecular weight is 309 g/mol. The Kier molecular flexibility index (Phi) is 3.87. The van der Waals surface area contributed by atoms with Gasteiger partial charge in [-0.3, -0.25) is 0 Å². The molecule has 0 amide bonds. The van der Waals surface area contributed by atoms with Crippen molar-refractivity contribution in [2.75, 3.05) is 17.7 Å². The normalized spacial score (nSPS) is 10.4. The number of rotatable bonds is 3. The maximum Gasteiger partial charge on any atom is 0.123 e. The average Bonchev–Trinajstić information content (AvgIpc) is 2.32. The van der Waals surface area contributed by atoms with Crippen molar-refractivity contribution >= 4 is 27.3 Å². The zero-order chi connectivity index (χ0) is 13.1. The molecule has 0 aliphatic carbocycles. The largest absolute Gasteiger partial charge is 0.399 e. The van der Waals surface area contributed by atoms with E-state index in [4.69, 9.17) is 5.73 Å². The highest BCUT2D eigenvalue weighted by Gasteiger charge is 2.06. The van der Waals surface area contributed by atoms with Crippen LogP contribution in [0.4, 0.5) is 15.8 Å². The third-order valence-corrected chi connectivity index (χ3v) is 3.35. The van der Waals surface area contributed by atoms with Crippen LogP contribution < -0.4 is 10.6 Å². The molecule has 2 aromatic carbocycles. The number of nitrogens with two attached hydrogens (primary N) is 1. The van der Waals surface area contributed by atoms with Gasteiger partial charge in [-0.1, -0.05) is 12.1 Å². The fourth-order valence-electron chi connectivity index (χ4n) is 1.78. The monoisotopic (exact) mass is 308 g/mol. The van der Waals surface area contributed by atoms with Gasteiger partial charge in [0.05, 0.1) is 5.69 Å². The molecule has 94 valence electrons. The van der Waals surface area contributed by atoms with Gasteiger partial charge in [0.25, 0.3) is 0 Å². The van der Waals surface area contributed by atoms with Gasteiger partial charge < -0.3 is 10.6 Å². The van der Waals surface area contributed by atoms with Gasteiger partial charge in [0.2, 0.25) is 0 Å². The molecular weight excluding hydrogens is 295 g/mol. The van der Waals surface area contributed by atoms with Crippen molar-refractivity contribution in [1.82, 2.24) is 0 Å². The zero-order valence-corrected chi connectivity index (χ0v) is 11.6. The molecule has 0 atom stereocenters. The van der Waals surface area contributed by atoms with Crippen molar-refractivity contribution in [1.29, 1.82) is 0 Å². The lowest BCUT2D eigenvalue weighted by molar-refractivity contribution is 0.627. The summed E-state index contributed by atoms with van der Waals surface area (Å²) in [5, 5.41) is 0. The smallest absolute Gasteiger partial charge is 0.123 e. The molecule has 0 fully saturated rings. The summed E-state index contributed by atoms with van der Waals surface area (Å²) in [6.07, 6.45) is 0. The molecule has 0 aliphatic heterocycles. The van der Waals surface area contributed by atoms with Gasteiger partial charge in [0.15, 0.2) is 0 Å². The molecule has 0 heterocycles. The number of halogens is 2. The predicted molar refractivity (Wildman–Crippen MR) is 77.1 cm³/mol. The topological polar surface area (TPSA) is 29.3 Å². The lowest BCUT2D eigenvalue weighted by Gasteiger charge is -2.21. The summed E-state index contributed by atoms with van der Waals surface area (Å²) < 4.78 is 13.8. The van der Waals surface area contributed by atoms with Crippen LogP contribution in [0.2, 0.25) is 0 Å². The van der Waals surface area contributed by atoms with Gasteiger partial charge in [0.1, 0.15) is 5.82 Å². The highest BCUT2D eigenvalue weighted by molar-refractivity contribution is 9.10. The lowest BCUT2D eigenvalue weighted by atomic mass is 10.2. The quantitative estimate of drug-likeness (QED) is 0.874. The van der Waals surface area contributed by atoms with E-state index in [2.05, 4.69) is 20.8 Å². The lowest BCUT2D eigenvalue weighted by Crippen LogP contribution is -2.16. The molecule has 0 bridgehead atoms. The van der Waals surface area contributed by atoms with Gasteiger partial charge in [-0.15, -0.1) is 0 Å². The number of nitrogen functional groups attached to an aromatic ring is 1. The molecule has 0 saturated carbocycles. The van der Waals surface area contributed by atoms with Crippen molar-refractivity contribution in [3.8, 4) is 0 Å². The minimum absolute atomic E-state index is 0.213. The molecule has 2 N–H and O–H groups in total. The van der Waals surface area contributed by atoms with Gasteiger partial charge in [0, 0.05) is 23.8 Å². The fourth-order valence-corrected chi connectivity index (χ4v) is 2.48. The van der Waals surface area contributed by atoms with E-state index in [0.29, 0.717) is 6.54 Å². The van der Waals surface area contributed by atoms with Crippen LogP contribution in [0.25, 0.3) is 0 Å². The van der Waals surface area contributed by atoms with Crippen molar-refractivity contribution in [2.24, 2.45) is 0 Å². The summed E-state index contributed by atoms with van der Waals surface area (Å²) in [7, 11) is 1.99. The van der Waals surface area contributed by atoms with Gasteiger partial charge >= 0.3 is 0 Å². The molecule has 0 radical (unpaired) electrons. The van der Waals surface area contributed by atoms with Crippen molar-refractivity contribution in [3.63, 3.8) is 0 Å². The maximum atomic E-state index is 12.8. The molecule has 2 rings (SSSR count). The van der Waals surface area contributed by atoms with E-state index in [-0.39, 0.29) is 5.82 Å². The Morgan fingerprint density at radius 1 is 1.17 bits per heavy atom. The highest BCUT2D eigenvalue weighted by atomic mass is 79.9. The molecule has 0 unspecified atom stereocenters. The molecule has 0 saturated heterocycles. The van der Waals surface area contributed by atoms with E-state index in [1.54, 1.807) is 12.1 Å². The van der Waals surface area contributed by atoms with Gasteiger partial charge in [-0.25, -0.2) is 4.39 Å². The van der Waals surface area contributed by atoms with Crippen molar-refractivity contribution in [2.45, 2.75) is 6.54 Å². The Morgan fingerprint density at radius 2 is 1.83 bits per heavy atom. The predicted octanol–water partition coefficient (Wildman–Crippen LogP) is 3.81. The van der Waals surface area contributed by atoms with Crippen LogP contribution in [0.5, 0.6) is 0 Å². The van der Waals surface area contributed by atoms with Gasteiger partial charge in [-0.2, -0.15) is 0 Å². The second kappa shape index (κ2) is 5.40. The molecule has 18 heavy (non-hydrogen) atoms. The molecule has 0 spiro atoms. The number of nitrogens with zero attached hydrogens (tertiary/aromatic N) is 1. The molecule has 0 aliphatic rings. The van der Waals surface area contributed by atoms with E-state index in [1.165, 1.54) is 12.1 Å². The zero-order valence-electron chi connectivity index (χ0n) is 10.0. The van der Waals surface area contributed by atoms with Crippen LogP contribution in [0.1, 0.15) is 5.56 Å². The number of anilines is 2. The Hall–Kier alpha value is -1.55. The van der Waals surface area contributed by atoms with Gasteiger partial charge in [-0.05, 0) is 51.8 Å². The standard InChI is InChI=1S/C14H14BrFN2/c1-18(9-10-2-4-11(16)5-3-10)14-7-6-12(17)8-13(14)15/h2-8H,9,17H2,1H3. The first-order chi connectivity index (χ1) is 8.56. The summed E-state index contributed by atoms with van der Waals surface area (Å²) in [5.41, 5.74) is 8.54.